The van der Waals surface area contributed by atoms with Gasteiger partial charge in [-0.15, -0.1) is 0 Å². The molecule has 2 saturated heterocycles. The monoisotopic (exact) mass is 396 g/mol. The second-order valence-electron chi connectivity index (χ2n) is 9.54. The van der Waals surface area contributed by atoms with E-state index in [1.54, 1.807) is 6.08 Å². The molecule has 2 fully saturated rings. The van der Waals surface area contributed by atoms with Crippen molar-refractivity contribution in [2.24, 2.45) is 5.92 Å². The molecule has 0 N–H and O–H groups in total. The van der Waals surface area contributed by atoms with Crippen LogP contribution in [0.3, 0.4) is 0 Å². The van der Waals surface area contributed by atoms with Crippen molar-refractivity contribution in [3.63, 3.8) is 0 Å². The molecule has 29 heavy (non-hydrogen) atoms. The predicted octanol–water partition coefficient (Wildman–Crippen LogP) is 4.64. The zero-order chi connectivity index (χ0) is 20.9. The Labute approximate surface area is 176 Å². The average molecular weight is 397 g/mol. The van der Waals surface area contributed by atoms with E-state index >= 15 is 0 Å². The maximum absolute atomic E-state index is 12.8. The molecule has 0 bridgehead atoms. The summed E-state index contributed by atoms with van der Waals surface area (Å²) in [6, 6.07) is 8.39. The van der Waals surface area contributed by atoms with Gasteiger partial charge in [-0.1, -0.05) is 57.9 Å². The summed E-state index contributed by atoms with van der Waals surface area (Å²) >= 11 is 0. The lowest BCUT2D eigenvalue weighted by molar-refractivity contribution is -0.139. The molecule has 0 atom stereocenters. The van der Waals surface area contributed by atoms with E-state index in [1.807, 2.05) is 11.0 Å². The Morgan fingerprint density at radius 1 is 0.862 bits per heavy atom. The number of likely N-dealkylation sites (tertiary alicyclic amines) is 2. The van der Waals surface area contributed by atoms with Crippen LogP contribution in [-0.4, -0.2) is 47.8 Å². The first-order valence-corrected chi connectivity index (χ1v) is 11.2. The highest BCUT2D eigenvalue weighted by Gasteiger charge is 2.29. The minimum Gasteiger partial charge on any atom is -0.342 e. The number of carbonyl (C=O) groups is 2. The third-order valence-corrected chi connectivity index (χ3v) is 6.27. The Morgan fingerprint density at radius 3 is 2.00 bits per heavy atom. The molecule has 2 heterocycles. The van der Waals surface area contributed by atoms with E-state index in [9.17, 15) is 9.59 Å². The van der Waals surface area contributed by atoms with Gasteiger partial charge in [0.25, 0.3) is 0 Å². The second kappa shape index (κ2) is 9.60. The van der Waals surface area contributed by atoms with E-state index in [4.69, 9.17) is 0 Å². The van der Waals surface area contributed by atoms with Crippen LogP contribution in [0.1, 0.15) is 70.4 Å². The number of hydrogen-bond acceptors (Lipinski definition) is 2. The minimum atomic E-state index is 0.0468. The van der Waals surface area contributed by atoms with Crippen LogP contribution >= 0.6 is 0 Å². The molecule has 1 aromatic carbocycles. The summed E-state index contributed by atoms with van der Waals surface area (Å²) in [4.78, 5) is 29.3. The van der Waals surface area contributed by atoms with Gasteiger partial charge in [0.2, 0.25) is 11.8 Å². The van der Waals surface area contributed by atoms with E-state index in [1.165, 1.54) is 18.4 Å². The summed E-state index contributed by atoms with van der Waals surface area (Å²) in [5.41, 5.74) is 2.46. The molecule has 2 aliphatic rings. The van der Waals surface area contributed by atoms with Crippen LogP contribution in [0, 0.1) is 5.92 Å². The highest BCUT2D eigenvalue weighted by atomic mass is 16.2. The Bertz CT molecular complexity index is 714. The van der Waals surface area contributed by atoms with Crippen molar-refractivity contribution < 1.29 is 9.59 Å². The maximum Gasteiger partial charge on any atom is 0.246 e. The van der Waals surface area contributed by atoms with E-state index in [-0.39, 0.29) is 17.2 Å². The van der Waals surface area contributed by atoms with E-state index in [2.05, 4.69) is 49.9 Å². The van der Waals surface area contributed by atoms with Gasteiger partial charge in [0, 0.05) is 38.2 Å². The SMILES string of the molecule is CC(C)(C)c1ccc(/C=C/C(=O)N2CCC(C(=O)N3CCCCCC3)CC2)cc1. The fourth-order valence-corrected chi connectivity index (χ4v) is 4.26. The third kappa shape index (κ3) is 5.94. The van der Waals surface area contributed by atoms with Gasteiger partial charge in [-0.3, -0.25) is 9.59 Å². The van der Waals surface area contributed by atoms with E-state index < -0.39 is 0 Å². The van der Waals surface area contributed by atoms with Gasteiger partial charge in [-0.05, 0) is 48.3 Å². The van der Waals surface area contributed by atoms with Crippen molar-refractivity contribution in [3.8, 4) is 0 Å². The van der Waals surface area contributed by atoms with Crippen LogP contribution in [-0.2, 0) is 15.0 Å². The predicted molar refractivity (Wildman–Crippen MR) is 119 cm³/mol. The van der Waals surface area contributed by atoms with Crippen molar-refractivity contribution in [2.75, 3.05) is 26.2 Å². The molecule has 0 aromatic heterocycles. The van der Waals surface area contributed by atoms with Crippen molar-refractivity contribution in [3.05, 3.63) is 41.5 Å². The summed E-state index contributed by atoms with van der Waals surface area (Å²) in [5.74, 6) is 0.449. The molecule has 158 valence electrons. The summed E-state index contributed by atoms with van der Waals surface area (Å²) < 4.78 is 0. The molecule has 1 aromatic rings. The molecular weight excluding hydrogens is 360 g/mol. The van der Waals surface area contributed by atoms with Crippen LogP contribution in [0.5, 0.6) is 0 Å². The van der Waals surface area contributed by atoms with Crippen molar-refractivity contribution in [1.82, 2.24) is 9.80 Å². The summed E-state index contributed by atoms with van der Waals surface area (Å²) in [6.07, 6.45) is 9.87. The lowest BCUT2D eigenvalue weighted by atomic mass is 9.87. The van der Waals surface area contributed by atoms with Gasteiger partial charge in [0.15, 0.2) is 0 Å². The molecule has 4 nitrogen and oxygen atoms in total. The molecule has 0 saturated carbocycles. The smallest absolute Gasteiger partial charge is 0.246 e. The van der Waals surface area contributed by atoms with E-state index in [0.29, 0.717) is 19.0 Å². The largest absolute Gasteiger partial charge is 0.342 e. The zero-order valence-electron chi connectivity index (χ0n) is 18.3. The first-order valence-electron chi connectivity index (χ1n) is 11.2. The molecule has 0 aliphatic carbocycles. The molecular formula is C25H36N2O2. The van der Waals surface area contributed by atoms with Crippen molar-refractivity contribution >= 4 is 17.9 Å². The second-order valence-corrected chi connectivity index (χ2v) is 9.54. The Balaban J connectivity index is 1.49. The lowest BCUT2D eigenvalue weighted by Crippen LogP contribution is -2.44. The molecule has 2 amide bonds. The molecule has 4 heteroatoms. The molecule has 0 radical (unpaired) electrons. The highest BCUT2D eigenvalue weighted by Crippen LogP contribution is 2.24. The van der Waals surface area contributed by atoms with Crippen LogP contribution < -0.4 is 0 Å². The number of piperidine rings is 1. The fourth-order valence-electron chi connectivity index (χ4n) is 4.26. The number of hydrogen-bond donors (Lipinski definition) is 0. The first-order chi connectivity index (χ1) is 13.8. The first kappa shape index (κ1) is 21.6. The zero-order valence-corrected chi connectivity index (χ0v) is 18.3. The van der Waals surface area contributed by atoms with Crippen LogP contribution in [0.2, 0.25) is 0 Å². The third-order valence-electron chi connectivity index (χ3n) is 6.27. The van der Waals surface area contributed by atoms with Gasteiger partial charge in [-0.2, -0.15) is 0 Å². The lowest BCUT2D eigenvalue weighted by Gasteiger charge is -2.33. The Hall–Kier alpha value is -2.10. The van der Waals surface area contributed by atoms with Crippen LogP contribution in [0.15, 0.2) is 30.3 Å². The maximum atomic E-state index is 12.8. The van der Waals surface area contributed by atoms with Gasteiger partial charge >= 0.3 is 0 Å². The van der Waals surface area contributed by atoms with Crippen LogP contribution in [0.25, 0.3) is 6.08 Å². The Morgan fingerprint density at radius 2 is 1.45 bits per heavy atom. The van der Waals surface area contributed by atoms with Crippen LogP contribution in [0.4, 0.5) is 0 Å². The topological polar surface area (TPSA) is 40.6 Å². The molecule has 0 spiro atoms. The number of rotatable bonds is 3. The van der Waals surface area contributed by atoms with Gasteiger partial charge in [0.05, 0.1) is 0 Å². The van der Waals surface area contributed by atoms with Crippen molar-refractivity contribution in [2.45, 2.75) is 64.7 Å². The van der Waals surface area contributed by atoms with Gasteiger partial charge in [0.1, 0.15) is 0 Å². The average Bonchev–Trinajstić information content (AvgIpc) is 3.01. The van der Waals surface area contributed by atoms with Gasteiger partial charge in [-0.25, -0.2) is 0 Å². The highest BCUT2D eigenvalue weighted by molar-refractivity contribution is 5.92. The standard InChI is InChI=1S/C25H36N2O2/c1-25(2,3)22-11-8-20(9-12-22)10-13-23(28)26-18-14-21(15-19-26)24(29)27-16-6-4-5-7-17-27/h8-13,21H,4-7,14-19H2,1-3H3/b13-10+. The Kier molecular flexibility index (Phi) is 7.15. The quantitative estimate of drug-likeness (QED) is 0.699. The fraction of sp³-hybridized carbons (Fsp3) is 0.600. The molecule has 3 rings (SSSR count). The number of carbonyl (C=O) groups excluding carboxylic acids is 2. The summed E-state index contributed by atoms with van der Waals surface area (Å²) in [5, 5.41) is 0. The normalized spacial score (nSPS) is 19.4. The summed E-state index contributed by atoms with van der Waals surface area (Å²) in [7, 11) is 0. The van der Waals surface area contributed by atoms with Gasteiger partial charge < -0.3 is 9.80 Å². The molecule has 0 unspecified atom stereocenters. The number of amides is 2. The summed E-state index contributed by atoms with van der Waals surface area (Å²) in [6.45, 7) is 9.77. The number of benzene rings is 1. The number of nitrogens with zero attached hydrogens (tertiary/aromatic N) is 2. The van der Waals surface area contributed by atoms with E-state index in [0.717, 1.165) is 44.3 Å². The van der Waals surface area contributed by atoms with Crippen molar-refractivity contribution in [1.29, 1.82) is 0 Å². The minimum absolute atomic E-state index is 0.0468. The molecule has 2 aliphatic heterocycles.